The van der Waals surface area contributed by atoms with Gasteiger partial charge in [0.15, 0.2) is 0 Å². The van der Waals surface area contributed by atoms with Gasteiger partial charge in [-0.2, -0.15) is 0 Å². The molecule has 2 rings (SSSR count). The Morgan fingerprint density at radius 1 is 1.05 bits per heavy atom. The first kappa shape index (κ1) is 15.0. The van der Waals surface area contributed by atoms with Crippen LogP contribution in [0.3, 0.4) is 0 Å². The molecule has 0 fully saturated rings. The van der Waals surface area contributed by atoms with Crippen LogP contribution in [0.2, 0.25) is 15.1 Å². The van der Waals surface area contributed by atoms with Gasteiger partial charge < -0.3 is 10.4 Å². The third-order valence-electron chi connectivity index (χ3n) is 2.60. The summed E-state index contributed by atoms with van der Waals surface area (Å²) in [5.41, 5.74) is 1.18. The Hall–Kier alpha value is -1.42. The Morgan fingerprint density at radius 3 is 2.45 bits per heavy atom. The number of hydrogen-bond donors (Lipinski definition) is 2. The molecule has 0 saturated heterocycles. The summed E-state index contributed by atoms with van der Waals surface area (Å²) >= 11 is 17.6. The van der Waals surface area contributed by atoms with Gasteiger partial charge in [0.25, 0.3) is 0 Å². The summed E-state index contributed by atoms with van der Waals surface area (Å²) in [5.74, 6) is -0.276. The van der Waals surface area contributed by atoms with Crippen molar-refractivity contribution in [3.63, 3.8) is 0 Å². The van der Waals surface area contributed by atoms with Crippen LogP contribution in [-0.2, 0) is 11.2 Å². The number of carbonyl (C=O) groups excluding carboxylic acids is 1. The van der Waals surface area contributed by atoms with E-state index in [1.807, 2.05) is 0 Å². The number of benzene rings is 2. The molecule has 20 heavy (non-hydrogen) atoms. The van der Waals surface area contributed by atoms with E-state index in [9.17, 15) is 9.90 Å². The molecule has 0 aromatic heterocycles. The lowest BCUT2D eigenvalue weighted by Crippen LogP contribution is -2.14. The number of carbonyl (C=O) groups is 1. The average molecular weight is 331 g/mol. The van der Waals surface area contributed by atoms with Crippen LogP contribution in [0.4, 0.5) is 5.69 Å². The van der Waals surface area contributed by atoms with Gasteiger partial charge in [0.2, 0.25) is 5.91 Å². The van der Waals surface area contributed by atoms with Crippen LogP contribution in [0.15, 0.2) is 36.4 Å². The smallest absolute Gasteiger partial charge is 0.228 e. The normalized spacial score (nSPS) is 10.3. The lowest BCUT2D eigenvalue weighted by atomic mass is 10.1. The van der Waals surface area contributed by atoms with E-state index >= 15 is 0 Å². The van der Waals surface area contributed by atoms with E-state index in [4.69, 9.17) is 34.8 Å². The number of aromatic hydroxyl groups is 1. The molecule has 0 aliphatic heterocycles. The van der Waals surface area contributed by atoms with Crippen LogP contribution < -0.4 is 5.32 Å². The maximum Gasteiger partial charge on any atom is 0.228 e. The third-order valence-corrected chi connectivity index (χ3v) is 3.49. The molecule has 2 aromatic rings. The molecule has 6 heteroatoms. The quantitative estimate of drug-likeness (QED) is 0.812. The van der Waals surface area contributed by atoms with Crippen LogP contribution in [0.5, 0.6) is 5.75 Å². The monoisotopic (exact) mass is 329 g/mol. The number of hydrogen-bond acceptors (Lipinski definition) is 2. The standard InChI is InChI=1S/C14H10Cl3NO2/c15-9-2-1-8(11(16)6-9)5-14(20)18-10-3-4-13(19)12(17)7-10/h1-4,6-7,19H,5H2,(H,18,20). The predicted molar refractivity (Wildman–Crippen MR) is 81.9 cm³/mol. The number of halogens is 3. The second-order valence-corrected chi connectivity index (χ2v) is 5.38. The third kappa shape index (κ3) is 3.79. The second kappa shape index (κ2) is 6.35. The van der Waals surface area contributed by atoms with Gasteiger partial charge in [0.05, 0.1) is 11.4 Å². The van der Waals surface area contributed by atoms with Gasteiger partial charge in [0, 0.05) is 15.7 Å². The van der Waals surface area contributed by atoms with Crippen molar-refractivity contribution in [3.05, 3.63) is 57.0 Å². The van der Waals surface area contributed by atoms with Crippen molar-refractivity contribution in [1.29, 1.82) is 0 Å². The van der Waals surface area contributed by atoms with Crippen molar-refractivity contribution in [2.24, 2.45) is 0 Å². The molecule has 104 valence electrons. The fourth-order valence-corrected chi connectivity index (χ4v) is 2.28. The zero-order valence-electron chi connectivity index (χ0n) is 10.2. The summed E-state index contributed by atoms with van der Waals surface area (Å²) in [6.07, 6.45) is 0.120. The minimum absolute atomic E-state index is 0.0367. The second-order valence-electron chi connectivity index (χ2n) is 4.13. The highest BCUT2D eigenvalue weighted by molar-refractivity contribution is 6.35. The number of nitrogens with one attached hydrogen (secondary N) is 1. The Balaban J connectivity index is 2.07. The van der Waals surface area contributed by atoms with E-state index in [-0.39, 0.29) is 23.1 Å². The van der Waals surface area contributed by atoms with Crippen molar-refractivity contribution >= 4 is 46.4 Å². The molecule has 0 aliphatic rings. The van der Waals surface area contributed by atoms with E-state index in [2.05, 4.69) is 5.32 Å². The van der Waals surface area contributed by atoms with Gasteiger partial charge in [0.1, 0.15) is 5.75 Å². The lowest BCUT2D eigenvalue weighted by Gasteiger charge is -2.08. The van der Waals surface area contributed by atoms with Crippen LogP contribution in [0.1, 0.15) is 5.56 Å². The van der Waals surface area contributed by atoms with Crippen molar-refractivity contribution < 1.29 is 9.90 Å². The molecule has 2 N–H and O–H groups in total. The maximum absolute atomic E-state index is 11.9. The van der Waals surface area contributed by atoms with E-state index in [1.165, 1.54) is 12.1 Å². The van der Waals surface area contributed by atoms with Gasteiger partial charge in [-0.3, -0.25) is 4.79 Å². The molecule has 0 heterocycles. The average Bonchev–Trinajstić information content (AvgIpc) is 2.37. The predicted octanol–water partition coefficient (Wildman–Crippen LogP) is 4.53. The van der Waals surface area contributed by atoms with E-state index in [0.717, 1.165) is 0 Å². The molecule has 0 radical (unpaired) electrons. The molecule has 0 atom stereocenters. The molecule has 0 aliphatic carbocycles. The Bertz CT molecular complexity index is 659. The summed E-state index contributed by atoms with van der Waals surface area (Å²) in [6.45, 7) is 0. The Morgan fingerprint density at radius 2 is 1.80 bits per heavy atom. The molecule has 0 saturated carbocycles. The number of amides is 1. The molecular formula is C14H10Cl3NO2. The molecule has 1 amide bonds. The SMILES string of the molecule is O=C(Cc1ccc(Cl)cc1Cl)Nc1ccc(O)c(Cl)c1. The van der Waals surface area contributed by atoms with E-state index in [0.29, 0.717) is 21.3 Å². The topological polar surface area (TPSA) is 49.3 Å². The van der Waals surface area contributed by atoms with Crippen LogP contribution >= 0.6 is 34.8 Å². The fourth-order valence-electron chi connectivity index (χ4n) is 1.63. The van der Waals surface area contributed by atoms with Crippen molar-refractivity contribution in [2.75, 3.05) is 5.32 Å². The van der Waals surface area contributed by atoms with Gasteiger partial charge >= 0.3 is 0 Å². The number of anilines is 1. The number of phenols is 1. The first-order valence-corrected chi connectivity index (χ1v) is 6.81. The van der Waals surface area contributed by atoms with E-state index in [1.54, 1.807) is 24.3 Å². The molecule has 0 spiro atoms. The molecule has 3 nitrogen and oxygen atoms in total. The minimum atomic E-state index is -0.240. The number of rotatable bonds is 3. The Kier molecular flexibility index (Phi) is 4.76. The Labute approximate surface area is 131 Å². The van der Waals surface area contributed by atoms with Crippen LogP contribution in [0.25, 0.3) is 0 Å². The van der Waals surface area contributed by atoms with Gasteiger partial charge in [-0.05, 0) is 35.9 Å². The first-order chi connectivity index (χ1) is 9.45. The highest BCUT2D eigenvalue weighted by atomic mass is 35.5. The minimum Gasteiger partial charge on any atom is -0.506 e. The van der Waals surface area contributed by atoms with Crippen molar-refractivity contribution in [1.82, 2.24) is 0 Å². The lowest BCUT2D eigenvalue weighted by molar-refractivity contribution is -0.115. The van der Waals surface area contributed by atoms with Crippen LogP contribution in [0, 0.1) is 0 Å². The maximum atomic E-state index is 11.9. The summed E-state index contributed by atoms with van der Waals surface area (Å²) in [7, 11) is 0. The molecule has 2 aromatic carbocycles. The summed E-state index contributed by atoms with van der Waals surface area (Å²) in [5, 5.41) is 13.1. The van der Waals surface area contributed by atoms with Crippen molar-refractivity contribution in [3.8, 4) is 5.75 Å². The van der Waals surface area contributed by atoms with Gasteiger partial charge in [-0.15, -0.1) is 0 Å². The first-order valence-electron chi connectivity index (χ1n) is 5.68. The fraction of sp³-hybridized carbons (Fsp3) is 0.0714. The largest absolute Gasteiger partial charge is 0.506 e. The molecule has 0 unspecified atom stereocenters. The highest BCUT2D eigenvalue weighted by Gasteiger charge is 2.09. The summed E-state index contributed by atoms with van der Waals surface area (Å²) in [4.78, 5) is 11.9. The number of phenolic OH excluding ortho intramolecular Hbond substituents is 1. The van der Waals surface area contributed by atoms with Crippen LogP contribution in [-0.4, -0.2) is 11.0 Å². The van der Waals surface area contributed by atoms with Gasteiger partial charge in [-0.1, -0.05) is 40.9 Å². The van der Waals surface area contributed by atoms with Crippen molar-refractivity contribution in [2.45, 2.75) is 6.42 Å². The summed E-state index contributed by atoms with van der Waals surface area (Å²) in [6, 6.07) is 9.40. The summed E-state index contributed by atoms with van der Waals surface area (Å²) < 4.78 is 0. The highest BCUT2D eigenvalue weighted by Crippen LogP contribution is 2.26. The van der Waals surface area contributed by atoms with E-state index < -0.39 is 0 Å². The zero-order chi connectivity index (χ0) is 14.7. The molecular weight excluding hydrogens is 321 g/mol. The van der Waals surface area contributed by atoms with Gasteiger partial charge in [-0.25, -0.2) is 0 Å². The molecule has 0 bridgehead atoms. The zero-order valence-corrected chi connectivity index (χ0v) is 12.4.